The van der Waals surface area contributed by atoms with Crippen LogP contribution < -0.4 is 5.32 Å². The summed E-state index contributed by atoms with van der Waals surface area (Å²) in [6.07, 6.45) is 3.59. The minimum absolute atomic E-state index is 0.459. The van der Waals surface area contributed by atoms with E-state index in [0.717, 1.165) is 38.7 Å². The molecule has 0 radical (unpaired) electrons. The molecule has 2 aromatic heterocycles. The Hall–Kier alpha value is -3.32. The molecule has 2 heterocycles. The first kappa shape index (κ1) is 19.0. The van der Waals surface area contributed by atoms with Crippen LogP contribution in [0.3, 0.4) is 0 Å². The molecule has 7 heteroatoms. The summed E-state index contributed by atoms with van der Waals surface area (Å²) < 4.78 is 29.5. The number of amides is 1. The summed E-state index contributed by atoms with van der Waals surface area (Å²) in [5.41, 5.74) is 2.99. The lowest BCUT2D eigenvalue weighted by Crippen LogP contribution is -2.15. The quantitative estimate of drug-likeness (QED) is 0.473. The highest BCUT2D eigenvalue weighted by Gasteiger charge is 2.17. The SMILES string of the molecule is Cc1sc(-c2cncn2C)cc1-c1ccc(NC(=O)c2c(F)cccc2F)cc1. The van der Waals surface area contributed by atoms with Crippen LogP contribution >= 0.6 is 11.3 Å². The summed E-state index contributed by atoms with van der Waals surface area (Å²) in [4.78, 5) is 18.7. The lowest BCUT2D eigenvalue weighted by Gasteiger charge is -2.08. The molecule has 4 nitrogen and oxygen atoms in total. The molecule has 0 saturated carbocycles. The number of nitrogens with zero attached hydrogens (tertiary/aromatic N) is 2. The molecule has 0 aliphatic carbocycles. The van der Waals surface area contributed by atoms with E-state index in [-0.39, 0.29) is 0 Å². The van der Waals surface area contributed by atoms with Gasteiger partial charge in [0.15, 0.2) is 0 Å². The maximum Gasteiger partial charge on any atom is 0.261 e. The van der Waals surface area contributed by atoms with Crippen LogP contribution in [0.2, 0.25) is 0 Å². The van der Waals surface area contributed by atoms with E-state index in [1.807, 2.05) is 29.9 Å². The second kappa shape index (κ2) is 7.60. The fourth-order valence-corrected chi connectivity index (χ4v) is 4.23. The van der Waals surface area contributed by atoms with Crippen molar-refractivity contribution in [2.45, 2.75) is 6.92 Å². The first-order valence-corrected chi connectivity index (χ1v) is 9.68. The van der Waals surface area contributed by atoms with Crippen molar-refractivity contribution in [3.8, 4) is 21.7 Å². The van der Waals surface area contributed by atoms with Gasteiger partial charge in [-0.05, 0) is 48.4 Å². The van der Waals surface area contributed by atoms with Gasteiger partial charge in [-0.25, -0.2) is 13.8 Å². The summed E-state index contributed by atoms with van der Waals surface area (Å²) in [6.45, 7) is 2.05. The van der Waals surface area contributed by atoms with Crippen LogP contribution in [-0.4, -0.2) is 15.5 Å². The Labute approximate surface area is 170 Å². The number of rotatable bonds is 4. The Kier molecular flexibility index (Phi) is 4.98. The molecule has 1 amide bonds. The van der Waals surface area contributed by atoms with Crippen LogP contribution in [0.5, 0.6) is 0 Å². The zero-order chi connectivity index (χ0) is 20.5. The van der Waals surface area contributed by atoms with E-state index in [1.165, 1.54) is 6.07 Å². The molecule has 0 spiro atoms. The fourth-order valence-electron chi connectivity index (χ4n) is 3.13. The Bertz CT molecular complexity index is 1180. The van der Waals surface area contributed by atoms with Crippen molar-refractivity contribution in [3.63, 3.8) is 0 Å². The highest BCUT2D eigenvalue weighted by atomic mass is 32.1. The van der Waals surface area contributed by atoms with Gasteiger partial charge >= 0.3 is 0 Å². The van der Waals surface area contributed by atoms with Crippen molar-refractivity contribution in [3.05, 3.63) is 83.1 Å². The van der Waals surface area contributed by atoms with Gasteiger partial charge in [0.05, 0.1) is 23.1 Å². The van der Waals surface area contributed by atoms with E-state index in [1.54, 1.807) is 29.8 Å². The minimum Gasteiger partial charge on any atom is -0.333 e. The third kappa shape index (κ3) is 3.69. The molecule has 4 rings (SSSR count). The van der Waals surface area contributed by atoms with Crippen molar-refractivity contribution in [1.29, 1.82) is 0 Å². The molecule has 29 heavy (non-hydrogen) atoms. The van der Waals surface area contributed by atoms with Crippen molar-refractivity contribution in [2.75, 3.05) is 5.32 Å². The summed E-state index contributed by atoms with van der Waals surface area (Å²) >= 11 is 1.68. The monoisotopic (exact) mass is 409 g/mol. The number of anilines is 1. The smallest absolute Gasteiger partial charge is 0.261 e. The molecular formula is C22H17F2N3OS. The molecule has 4 aromatic rings. The van der Waals surface area contributed by atoms with Gasteiger partial charge in [-0.15, -0.1) is 11.3 Å². The number of halogens is 2. The van der Waals surface area contributed by atoms with Crippen molar-refractivity contribution >= 4 is 22.9 Å². The van der Waals surface area contributed by atoms with Crippen LogP contribution in [0.4, 0.5) is 14.5 Å². The van der Waals surface area contributed by atoms with Gasteiger partial charge in [0.25, 0.3) is 5.91 Å². The molecule has 146 valence electrons. The van der Waals surface area contributed by atoms with E-state index in [0.29, 0.717) is 5.69 Å². The standard InChI is InChI=1S/C22H17F2N3OS/c1-13-16(10-20(29-13)19-11-25-12-27(19)2)14-6-8-15(9-7-14)26-22(28)21-17(23)4-3-5-18(21)24/h3-12H,1-2H3,(H,26,28). The topological polar surface area (TPSA) is 46.9 Å². The third-order valence-corrected chi connectivity index (χ3v) is 5.70. The number of hydrogen-bond acceptors (Lipinski definition) is 3. The average molecular weight is 409 g/mol. The number of imidazole rings is 1. The summed E-state index contributed by atoms with van der Waals surface area (Å²) in [6, 6.07) is 12.6. The van der Waals surface area contributed by atoms with E-state index in [4.69, 9.17) is 0 Å². The predicted molar refractivity (Wildman–Crippen MR) is 111 cm³/mol. The number of aromatic nitrogens is 2. The highest BCUT2D eigenvalue weighted by molar-refractivity contribution is 7.15. The lowest BCUT2D eigenvalue weighted by molar-refractivity contribution is 0.101. The average Bonchev–Trinajstić information content (AvgIpc) is 3.27. The Balaban J connectivity index is 1.57. The van der Waals surface area contributed by atoms with Crippen LogP contribution in [0.15, 0.2) is 61.1 Å². The zero-order valence-electron chi connectivity index (χ0n) is 15.7. The van der Waals surface area contributed by atoms with Gasteiger partial charge in [0.1, 0.15) is 17.2 Å². The second-order valence-electron chi connectivity index (χ2n) is 6.60. The number of hydrogen-bond donors (Lipinski definition) is 1. The van der Waals surface area contributed by atoms with Crippen LogP contribution in [0, 0.1) is 18.6 Å². The maximum atomic E-state index is 13.8. The summed E-state index contributed by atoms with van der Waals surface area (Å²) in [7, 11) is 1.95. The fraction of sp³-hybridized carbons (Fsp3) is 0.0909. The number of thiophene rings is 1. The van der Waals surface area contributed by atoms with Crippen molar-refractivity contribution in [2.24, 2.45) is 7.05 Å². The second-order valence-corrected chi connectivity index (χ2v) is 7.85. The first-order valence-electron chi connectivity index (χ1n) is 8.87. The van der Waals surface area contributed by atoms with Gasteiger partial charge in [-0.1, -0.05) is 18.2 Å². The van der Waals surface area contributed by atoms with E-state index in [2.05, 4.69) is 23.3 Å². The Morgan fingerprint density at radius 2 is 1.79 bits per heavy atom. The van der Waals surface area contributed by atoms with Crippen molar-refractivity contribution < 1.29 is 13.6 Å². The van der Waals surface area contributed by atoms with E-state index < -0.39 is 23.1 Å². The minimum atomic E-state index is -0.893. The molecule has 0 bridgehead atoms. The molecule has 2 aromatic carbocycles. The lowest BCUT2D eigenvalue weighted by atomic mass is 10.1. The van der Waals surface area contributed by atoms with Crippen LogP contribution in [-0.2, 0) is 7.05 Å². The first-order chi connectivity index (χ1) is 13.9. The van der Waals surface area contributed by atoms with E-state index >= 15 is 0 Å². The molecule has 0 aliphatic rings. The Morgan fingerprint density at radius 3 is 2.41 bits per heavy atom. The number of nitrogens with one attached hydrogen (secondary N) is 1. The number of carbonyl (C=O) groups excluding carboxylic acids is 1. The van der Waals surface area contributed by atoms with Crippen LogP contribution in [0.25, 0.3) is 21.7 Å². The normalized spacial score (nSPS) is 10.9. The molecule has 0 saturated heterocycles. The molecule has 0 aliphatic heterocycles. The highest BCUT2D eigenvalue weighted by Crippen LogP contribution is 2.36. The molecular weight excluding hydrogens is 392 g/mol. The van der Waals surface area contributed by atoms with Gasteiger partial charge in [-0.2, -0.15) is 0 Å². The summed E-state index contributed by atoms with van der Waals surface area (Å²) in [5, 5.41) is 2.54. The largest absolute Gasteiger partial charge is 0.333 e. The molecule has 0 atom stereocenters. The Morgan fingerprint density at radius 1 is 1.10 bits per heavy atom. The van der Waals surface area contributed by atoms with Gasteiger partial charge in [0.2, 0.25) is 0 Å². The van der Waals surface area contributed by atoms with Crippen molar-refractivity contribution in [1.82, 2.24) is 9.55 Å². The molecule has 1 N–H and O–H groups in total. The molecule has 0 unspecified atom stereocenters. The number of aryl methyl sites for hydroxylation is 2. The van der Waals surface area contributed by atoms with Crippen LogP contribution in [0.1, 0.15) is 15.2 Å². The molecule has 0 fully saturated rings. The van der Waals surface area contributed by atoms with Gasteiger partial charge in [0, 0.05) is 17.6 Å². The van der Waals surface area contributed by atoms with Gasteiger partial charge < -0.3 is 9.88 Å². The third-order valence-electron chi connectivity index (χ3n) is 4.63. The van der Waals surface area contributed by atoms with E-state index in [9.17, 15) is 13.6 Å². The zero-order valence-corrected chi connectivity index (χ0v) is 16.6. The van der Waals surface area contributed by atoms with Gasteiger partial charge in [-0.3, -0.25) is 4.79 Å². The summed E-state index contributed by atoms with van der Waals surface area (Å²) in [5.74, 6) is -2.61. The number of benzene rings is 2. The number of carbonyl (C=O) groups is 1. The predicted octanol–water partition coefficient (Wildman–Crippen LogP) is 5.65. The maximum absolute atomic E-state index is 13.8.